The zero-order valence-corrected chi connectivity index (χ0v) is 11.0. The predicted molar refractivity (Wildman–Crippen MR) is 75.5 cm³/mol. The van der Waals surface area contributed by atoms with Gasteiger partial charge < -0.3 is 4.57 Å². The van der Waals surface area contributed by atoms with Gasteiger partial charge in [-0.1, -0.05) is 6.07 Å². The smallest absolute Gasteiger partial charge is 0.140 e. The van der Waals surface area contributed by atoms with E-state index >= 15 is 0 Å². The van der Waals surface area contributed by atoms with Gasteiger partial charge in [0.1, 0.15) is 11.6 Å². The number of aromatic nitrogens is 2. The van der Waals surface area contributed by atoms with Gasteiger partial charge in [-0.05, 0) is 41.7 Å². The summed E-state index contributed by atoms with van der Waals surface area (Å²) in [6, 6.07) is 12.5. The van der Waals surface area contributed by atoms with Crippen molar-refractivity contribution in [3.05, 3.63) is 48.3 Å². The fourth-order valence-corrected chi connectivity index (χ4v) is 2.33. The normalized spacial score (nSPS) is 11.1. The fourth-order valence-electron chi connectivity index (χ4n) is 2.07. The molecule has 1 aromatic heterocycles. The molecule has 3 rings (SSSR count). The second-order valence-electron chi connectivity index (χ2n) is 4.25. The molecule has 0 bridgehead atoms. The van der Waals surface area contributed by atoms with Crippen LogP contribution in [0.1, 0.15) is 0 Å². The minimum Gasteiger partial charge on any atom is -0.327 e. The molecular weight excluding hydrogens is 246 g/mol. The maximum atomic E-state index is 12.9. The molecule has 2 aromatic carbocycles. The molecule has 90 valence electrons. The van der Waals surface area contributed by atoms with Crippen LogP contribution in [-0.2, 0) is 7.05 Å². The van der Waals surface area contributed by atoms with Crippen LogP contribution in [-0.4, -0.2) is 9.55 Å². The summed E-state index contributed by atoms with van der Waals surface area (Å²) >= 11 is 0. The number of imidazole rings is 1. The van der Waals surface area contributed by atoms with Crippen molar-refractivity contribution < 1.29 is 4.39 Å². The minimum absolute atomic E-state index is 0.232. The first-order valence-electron chi connectivity index (χ1n) is 5.63. The van der Waals surface area contributed by atoms with Crippen LogP contribution < -0.4 is 5.30 Å². The molecule has 1 unspecified atom stereocenters. The van der Waals surface area contributed by atoms with Crippen molar-refractivity contribution in [3.63, 3.8) is 0 Å². The third-order valence-corrected chi connectivity index (χ3v) is 3.37. The standard InChI is InChI=1S/C14H12FN2P/c1-17-13-7-6-11(18)8-12(13)16-14(17)9-2-4-10(15)5-3-9/h2-8H,18H2,1H3. The van der Waals surface area contributed by atoms with E-state index in [0.29, 0.717) is 0 Å². The van der Waals surface area contributed by atoms with Crippen LogP contribution in [0.15, 0.2) is 42.5 Å². The summed E-state index contributed by atoms with van der Waals surface area (Å²) in [5, 5.41) is 1.10. The maximum absolute atomic E-state index is 12.9. The molecule has 0 aliphatic carbocycles. The van der Waals surface area contributed by atoms with Gasteiger partial charge in [-0.2, -0.15) is 0 Å². The van der Waals surface area contributed by atoms with E-state index < -0.39 is 0 Å². The van der Waals surface area contributed by atoms with Gasteiger partial charge >= 0.3 is 0 Å². The third kappa shape index (κ3) is 1.81. The van der Waals surface area contributed by atoms with Crippen LogP contribution >= 0.6 is 9.24 Å². The first-order chi connectivity index (χ1) is 8.65. The summed E-state index contributed by atoms with van der Waals surface area (Å²) in [5.74, 6) is 0.616. The van der Waals surface area contributed by atoms with Gasteiger partial charge in [0, 0.05) is 12.6 Å². The molecule has 0 aliphatic rings. The quantitative estimate of drug-likeness (QED) is 0.614. The molecule has 1 heterocycles. The average molecular weight is 258 g/mol. The van der Waals surface area contributed by atoms with Crippen molar-refractivity contribution in [2.45, 2.75) is 0 Å². The van der Waals surface area contributed by atoms with Crippen molar-refractivity contribution in [1.82, 2.24) is 9.55 Å². The summed E-state index contributed by atoms with van der Waals surface area (Å²) in [6.07, 6.45) is 0. The third-order valence-electron chi connectivity index (χ3n) is 3.01. The number of halogens is 1. The molecule has 0 saturated heterocycles. The van der Waals surface area contributed by atoms with Gasteiger partial charge in [-0.25, -0.2) is 9.37 Å². The van der Waals surface area contributed by atoms with E-state index in [1.54, 1.807) is 12.1 Å². The Morgan fingerprint density at radius 3 is 2.56 bits per heavy atom. The summed E-state index contributed by atoms with van der Waals surface area (Å²) in [7, 11) is 4.63. The first kappa shape index (κ1) is 11.4. The molecular formula is C14H12FN2P. The van der Waals surface area contributed by atoms with E-state index in [9.17, 15) is 4.39 Å². The Labute approximate surface area is 107 Å². The van der Waals surface area contributed by atoms with Crippen molar-refractivity contribution in [3.8, 4) is 11.4 Å². The highest BCUT2D eigenvalue weighted by molar-refractivity contribution is 7.27. The number of nitrogens with zero attached hydrogens (tertiary/aromatic N) is 2. The average Bonchev–Trinajstić information content (AvgIpc) is 2.67. The van der Waals surface area contributed by atoms with Gasteiger partial charge in [0.2, 0.25) is 0 Å². The topological polar surface area (TPSA) is 17.8 Å². The molecule has 18 heavy (non-hydrogen) atoms. The van der Waals surface area contributed by atoms with Gasteiger partial charge in [0.05, 0.1) is 11.0 Å². The Balaban J connectivity index is 2.23. The van der Waals surface area contributed by atoms with Crippen LogP contribution in [0.4, 0.5) is 4.39 Å². The Bertz CT molecular complexity index is 716. The van der Waals surface area contributed by atoms with Crippen LogP contribution in [0.5, 0.6) is 0 Å². The molecule has 0 aliphatic heterocycles. The molecule has 0 spiro atoms. The van der Waals surface area contributed by atoms with E-state index in [2.05, 4.69) is 14.2 Å². The Morgan fingerprint density at radius 1 is 1.11 bits per heavy atom. The first-order valence-corrected chi connectivity index (χ1v) is 6.21. The minimum atomic E-state index is -0.232. The summed E-state index contributed by atoms with van der Waals surface area (Å²) in [5.41, 5.74) is 2.94. The molecule has 0 amide bonds. The van der Waals surface area contributed by atoms with Crippen LogP contribution in [0.25, 0.3) is 22.4 Å². The van der Waals surface area contributed by atoms with E-state index in [-0.39, 0.29) is 5.82 Å². The largest absolute Gasteiger partial charge is 0.327 e. The highest BCUT2D eigenvalue weighted by Crippen LogP contribution is 2.23. The number of hydrogen-bond donors (Lipinski definition) is 0. The van der Waals surface area contributed by atoms with E-state index in [0.717, 1.165) is 27.7 Å². The number of fused-ring (bicyclic) bond motifs is 1. The lowest BCUT2D eigenvalue weighted by atomic mass is 10.2. The molecule has 0 saturated carbocycles. The summed E-state index contributed by atoms with van der Waals surface area (Å²) in [6.45, 7) is 0. The molecule has 0 N–H and O–H groups in total. The molecule has 0 fully saturated rings. The van der Waals surface area contributed by atoms with Crippen molar-refractivity contribution >= 4 is 25.6 Å². The summed E-state index contributed by atoms with van der Waals surface area (Å²) < 4.78 is 15.0. The highest BCUT2D eigenvalue weighted by atomic mass is 31.0. The van der Waals surface area contributed by atoms with Crippen LogP contribution in [0.2, 0.25) is 0 Å². The van der Waals surface area contributed by atoms with Gasteiger partial charge in [0.25, 0.3) is 0 Å². The molecule has 3 aromatic rings. The van der Waals surface area contributed by atoms with Crippen molar-refractivity contribution in [2.24, 2.45) is 7.05 Å². The van der Waals surface area contributed by atoms with Crippen molar-refractivity contribution in [1.29, 1.82) is 0 Å². The Hall–Kier alpha value is -1.73. The molecule has 4 heteroatoms. The Morgan fingerprint density at radius 2 is 1.83 bits per heavy atom. The van der Waals surface area contributed by atoms with E-state index in [1.807, 2.05) is 29.8 Å². The molecule has 1 atom stereocenters. The second kappa shape index (κ2) is 4.18. The second-order valence-corrected chi connectivity index (χ2v) is 4.92. The highest BCUT2D eigenvalue weighted by Gasteiger charge is 2.09. The monoisotopic (exact) mass is 258 g/mol. The van der Waals surface area contributed by atoms with Gasteiger partial charge in [-0.15, -0.1) is 9.24 Å². The molecule has 2 nitrogen and oxygen atoms in total. The fraction of sp³-hybridized carbons (Fsp3) is 0.0714. The number of benzene rings is 2. The van der Waals surface area contributed by atoms with Crippen LogP contribution in [0, 0.1) is 5.82 Å². The number of aryl methyl sites for hydroxylation is 1. The lowest BCUT2D eigenvalue weighted by molar-refractivity contribution is 0.628. The zero-order valence-electron chi connectivity index (χ0n) is 9.89. The lowest BCUT2D eigenvalue weighted by Crippen LogP contribution is -1.93. The number of hydrogen-bond acceptors (Lipinski definition) is 1. The maximum Gasteiger partial charge on any atom is 0.140 e. The zero-order chi connectivity index (χ0) is 12.7. The lowest BCUT2D eigenvalue weighted by Gasteiger charge is -2.02. The predicted octanol–water partition coefficient (Wildman–Crippen LogP) is 2.88. The Kier molecular flexibility index (Phi) is 2.64. The SMILES string of the molecule is Cn1c(-c2ccc(F)cc2)nc2cc(P)ccc21. The van der Waals surface area contributed by atoms with Crippen LogP contribution in [0.3, 0.4) is 0 Å². The molecule has 0 radical (unpaired) electrons. The number of rotatable bonds is 1. The van der Waals surface area contributed by atoms with E-state index in [4.69, 9.17) is 0 Å². The van der Waals surface area contributed by atoms with Crippen molar-refractivity contribution in [2.75, 3.05) is 0 Å². The summed E-state index contributed by atoms with van der Waals surface area (Å²) in [4.78, 5) is 4.60. The van der Waals surface area contributed by atoms with Gasteiger partial charge in [-0.3, -0.25) is 0 Å². The van der Waals surface area contributed by atoms with E-state index in [1.165, 1.54) is 12.1 Å². The van der Waals surface area contributed by atoms with Gasteiger partial charge in [0.15, 0.2) is 0 Å².